The number of aromatic nitrogens is 2. The van der Waals surface area contributed by atoms with Crippen molar-refractivity contribution in [3.8, 4) is 0 Å². The largest absolute Gasteiger partial charge is 0.309 e. The van der Waals surface area contributed by atoms with Crippen LogP contribution in [0.1, 0.15) is 35.8 Å². The molecule has 4 rings (SSSR count). The van der Waals surface area contributed by atoms with Crippen LogP contribution in [0.25, 0.3) is 10.2 Å². The quantitative estimate of drug-likeness (QED) is 0.800. The van der Waals surface area contributed by atoms with Crippen molar-refractivity contribution in [3.05, 3.63) is 63.0 Å². The monoisotopic (exact) mass is 325 g/mol. The fourth-order valence-electron chi connectivity index (χ4n) is 3.45. The smallest absolute Gasteiger partial charge is 0.259 e. The Morgan fingerprint density at radius 3 is 3.17 bits per heavy atom. The van der Waals surface area contributed by atoms with Crippen molar-refractivity contribution < 1.29 is 0 Å². The van der Waals surface area contributed by atoms with Crippen molar-refractivity contribution in [2.24, 2.45) is 0 Å². The van der Waals surface area contributed by atoms with Crippen molar-refractivity contribution >= 4 is 21.6 Å². The third-order valence-electron chi connectivity index (χ3n) is 4.53. The minimum Gasteiger partial charge on any atom is -0.309 e. The second kappa shape index (κ2) is 5.91. The summed E-state index contributed by atoms with van der Waals surface area (Å²) in [5, 5.41) is 2.61. The highest BCUT2D eigenvalue weighted by atomic mass is 32.1. The number of hydrogen-bond donors (Lipinski definition) is 1. The van der Waals surface area contributed by atoms with Gasteiger partial charge in [0.15, 0.2) is 0 Å². The van der Waals surface area contributed by atoms with Gasteiger partial charge in [0.25, 0.3) is 5.56 Å². The zero-order valence-corrected chi connectivity index (χ0v) is 13.9. The molecule has 1 aliphatic rings. The Hall–Kier alpha value is -1.98. The molecule has 3 heterocycles. The first-order valence-electron chi connectivity index (χ1n) is 7.98. The maximum Gasteiger partial charge on any atom is 0.259 e. The molecule has 1 fully saturated rings. The van der Waals surface area contributed by atoms with Gasteiger partial charge in [-0.25, -0.2) is 4.98 Å². The number of benzene rings is 1. The zero-order chi connectivity index (χ0) is 15.8. The SMILES string of the molecule is Cc1cccc(C2CCCN2Cc2nc3sccc3c(=O)[nH]2)c1. The van der Waals surface area contributed by atoms with Gasteiger partial charge in [0.1, 0.15) is 10.7 Å². The Bertz CT molecular complexity index is 898. The van der Waals surface area contributed by atoms with Crippen LogP contribution in [0.15, 0.2) is 40.5 Å². The Morgan fingerprint density at radius 1 is 1.39 bits per heavy atom. The van der Waals surface area contributed by atoms with Crippen molar-refractivity contribution in [3.63, 3.8) is 0 Å². The number of nitrogens with zero attached hydrogens (tertiary/aromatic N) is 2. The number of fused-ring (bicyclic) bond motifs is 1. The molecule has 3 aromatic rings. The standard InChI is InChI=1S/C18H19N3OS/c1-12-4-2-5-13(10-12)15-6-3-8-21(15)11-16-19-17(22)14-7-9-23-18(14)20-16/h2,4-5,7,9-10,15H,3,6,8,11H2,1H3,(H,19,20,22). The number of thiophene rings is 1. The number of rotatable bonds is 3. The number of hydrogen-bond acceptors (Lipinski definition) is 4. The van der Waals surface area contributed by atoms with E-state index >= 15 is 0 Å². The second-order valence-corrected chi connectivity index (χ2v) is 7.09. The first kappa shape index (κ1) is 14.6. The van der Waals surface area contributed by atoms with Crippen LogP contribution in [-0.2, 0) is 6.54 Å². The fraction of sp³-hybridized carbons (Fsp3) is 0.333. The van der Waals surface area contributed by atoms with E-state index in [0.717, 1.165) is 23.6 Å². The fourth-order valence-corrected chi connectivity index (χ4v) is 4.23. The molecule has 1 aromatic carbocycles. The van der Waals surface area contributed by atoms with Gasteiger partial charge < -0.3 is 4.98 Å². The molecule has 0 saturated carbocycles. The van der Waals surface area contributed by atoms with Crippen LogP contribution in [0.2, 0.25) is 0 Å². The average Bonchev–Trinajstić information content (AvgIpc) is 3.16. The predicted octanol–water partition coefficient (Wildman–Crippen LogP) is 3.63. The van der Waals surface area contributed by atoms with Gasteiger partial charge in [0.05, 0.1) is 11.9 Å². The summed E-state index contributed by atoms with van der Waals surface area (Å²) in [7, 11) is 0. The van der Waals surface area contributed by atoms with Gasteiger partial charge in [-0.1, -0.05) is 29.8 Å². The summed E-state index contributed by atoms with van der Waals surface area (Å²) in [6, 6.07) is 11.0. The average molecular weight is 325 g/mol. The van der Waals surface area contributed by atoms with Crippen molar-refractivity contribution in [2.45, 2.75) is 32.4 Å². The van der Waals surface area contributed by atoms with Crippen LogP contribution in [-0.4, -0.2) is 21.4 Å². The number of likely N-dealkylation sites (tertiary alicyclic amines) is 1. The summed E-state index contributed by atoms with van der Waals surface area (Å²) in [5.74, 6) is 0.768. The lowest BCUT2D eigenvalue weighted by Crippen LogP contribution is -2.25. The van der Waals surface area contributed by atoms with E-state index in [1.807, 2.05) is 11.4 Å². The third-order valence-corrected chi connectivity index (χ3v) is 5.33. The highest BCUT2D eigenvalue weighted by molar-refractivity contribution is 7.16. The molecule has 0 amide bonds. The lowest BCUT2D eigenvalue weighted by atomic mass is 10.0. The molecule has 1 atom stereocenters. The van der Waals surface area contributed by atoms with E-state index in [4.69, 9.17) is 0 Å². The molecule has 5 heteroatoms. The van der Waals surface area contributed by atoms with Crippen LogP contribution >= 0.6 is 11.3 Å². The van der Waals surface area contributed by atoms with E-state index in [1.165, 1.54) is 28.9 Å². The van der Waals surface area contributed by atoms with E-state index in [0.29, 0.717) is 18.0 Å². The number of aryl methyl sites for hydroxylation is 1. The van der Waals surface area contributed by atoms with E-state index in [9.17, 15) is 4.79 Å². The first-order chi connectivity index (χ1) is 11.2. The molecule has 0 spiro atoms. The maximum atomic E-state index is 12.1. The van der Waals surface area contributed by atoms with E-state index < -0.39 is 0 Å². The van der Waals surface area contributed by atoms with Gasteiger partial charge in [-0.3, -0.25) is 9.69 Å². The minimum absolute atomic E-state index is 0.0300. The Labute approximate surface area is 138 Å². The van der Waals surface area contributed by atoms with Crippen LogP contribution < -0.4 is 5.56 Å². The molecule has 23 heavy (non-hydrogen) atoms. The first-order valence-corrected chi connectivity index (χ1v) is 8.86. The molecule has 118 valence electrons. The Balaban J connectivity index is 1.62. The second-order valence-electron chi connectivity index (χ2n) is 6.19. The van der Waals surface area contributed by atoms with Crippen molar-refractivity contribution in [1.29, 1.82) is 0 Å². The molecule has 0 aliphatic carbocycles. The zero-order valence-electron chi connectivity index (χ0n) is 13.1. The molecule has 0 bridgehead atoms. The van der Waals surface area contributed by atoms with Crippen LogP contribution in [0, 0.1) is 6.92 Å². The molecule has 4 nitrogen and oxygen atoms in total. The summed E-state index contributed by atoms with van der Waals surface area (Å²) < 4.78 is 0. The van der Waals surface area contributed by atoms with E-state index in [2.05, 4.69) is 46.1 Å². The summed E-state index contributed by atoms with van der Waals surface area (Å²) in [6.07, 6.45) is 2.35. The van der Waals surface area contributed by atoms with Crippen LogP contribution in [0.5, 0.6) is 0 Å². The molecule has 2 aromatic heterocycles. The van der Waals surface area contributed by atoms with E-state index in [1.54, 1.807) is 0 Å². The summed E-state index contributed by atoms with van der Waals surface area (Å²) in [5.41, 5.74) is 2.63. The van der Waals surface area contributed by atoms with Crippen molar-refractivity contribution in [2.75, 3.05) is 6.54 Å². The van der Waals surface area contributed by atoms with Gasteiger partial charge in [-0.05, 0) is 43.3 Å². The minimum atomic E-state index is -0.0300. The highest BCUT2D eigenvalue weighted by Gasteiger charge is 2.26. The van der Waals surface area contributed by atoms with Gasteiger partial charge in [-0.2, -0.15) is 0 Å². The topological polar surface area (TPSA) is 49.0 Å². The highest BCUT2D eigenvalue weighted by Crippen LogP contribution is 2.33. The van der Waals surface area contributed by atoms with E-state index in [-0.39, 0.29) is 5.56 Å². The Morgan fingerprint density at radius 2 is 2.30 bits per heavy atom. The third kappa shape index (κ3) is 2.82. The van der Waals surface area contributed by atoms with Gasteiger partial charge in [0, 0.05) is 6.04 Å². The lowest BCUT2D eigenvalue weighted by molar-refractivity contribution is 0.242. The number of nitrogens with one attached hydrogen (secondary N) is 1. The van der Waals surface area contributed by atoms with Crippen LogP contribution in [0.4, 0.5) is 0 Å². The van der Waals surface area contributed by atoms with Gasteiger partial charge in [-0.15, -0.1) is 11.3 Å². The maximum absolute atomic E-state index is 12.1. The van der Waals surface area contributed by atoms with Crippen LogP contribution in [0.3, 0.4) is 0 Å². The molecule has 1 N–H and O–H groups in total. The molecule has 0 radical (unpaired) electrons. The molecule has 1 unspecified atom stereocenters. The van der Waals surface area contributed by atoms with Crippen molar-refractivity contribution in [1.82, 2.24) is 14.9 Å². The lowest BCUT2D eigenvalue weighted by Gasteiger charge is -2.24. The predicted molar refractivity (Wildman–Crippen MR) is 93.8 cm³/mol. The van der Waals surface area contributed by atoms with Gasteiger partial charge >= 0.3 is 0 Å². The molecular formula is C18H19N3OS. The molecule has 1 aliphatic heterocycles. The Kier molecular flexibility index (Phi) is 3.75. The van der Waals surface area contributed by atoms with Gasteiger partial charge in [0.2, 0.25) is 0 Å². The molecule has 1 saturated heterocycles. The molecular weight excluding hydrogens is 306 g/mol. The number of H-pyrrole nitrogens is 1. The summed E-state index contributed by atoms with van der Waals surface area (Å²) in [4.78, 5) is 22.9. The number of aromatic amines is 1. The summed E-state index contributed by atoms with van der Waals surface area (Å²) >= 11 is 1.52. The summed E-state index contributed by atoms with van der Waals surface area (Å²) in [6.45, 7) is 3.87. The normalized spacial score (nSPS) is 18.7.